The molecule has 0 radical (unpaired) electrons. The molecule has 0 unspecified atom stereocenters. The van der Waals surface area contributed by atoms with Gasteiger partial charge in [0.2, 0.25) is 10.0 Å². The lowest BCUT2D eigenvalue weighted by Crippen LogP contribution is -2.27. The van der Waals surface area contributed by atoms with Crippen molar-refractivity contribution in [2.24, 2.45) is 0 Å². The van der Waals surface area contributed by atoms with Crippen molar-refractivity contribution in [2.75, 3.05) is 32.1 Å². The highest BCUT2D eigenvalue weighted by Gasteiger charge is 2.31. The average molecular weight is 380 g/mol. The minimum Gasteiger partial charge on any atom is -0.451 e. The number of carbonyl (C=O) groups is 2. The summed E-state index contributed by atoms with van der Waals surface area (Å²) in [5.74, 6) is -0.707. The lowest BCUT2D eigenvalue weighted by molar-refractivity contribution is -0.124. The second-order valence-electron chi connectivity index (χ2n) is 6.91. The van der Waals surface area contributed by atoms with Crippen LogP contribution in [0.1, 0.15) is 42.5 Å². The number of sulfonamides is 1. The zero-order valence-corrected chi connectivity index (χ0v) is 15.9. The lowest BCUT2D eigenvalue weighted by Gasteiger charge is -2.22. The molecule has 8 heteroatoms. The Morgan fingerprint density at radius 3 is 2.46 bits per heavy atom. The van der Waals surface area contributed by atoms with E-state index in [1.165, 1.54) is 26.2 Å². The monoisotopic (exact) mass is 380 g/mol. The van der Waals surface area contributed by atoms with Crippen molar-refractivity contribution in [3.63, 3.8) is 0 Å². The molecule has 3 rings (SSSR count). The molecular formula is C18H24N2O5S. The Hall–Kier alpha value is -1.93. The van der Waals surface area contributed by atoms with Gasteiger partial charge in [0.25, 0.3) is 0 Å². The Morgan fingerprint density at radius 1 is 1.19 bits per heavy atom. The molecule has 2 fully saturated rings. The van der Waals surface area contributed by atoms with Crippen LogP contribution in [0.3, 0.4) is 0 Å². The van der Waals surface area contributed by atoms with E-state index in [1.807, 2.05) is 0 Å². The summed E-state index contributed by atoms with van der Waals surface area (Å²) in [6, 6.07) is 4.54. The van der Waals surface area contributed by atoms with E-state index in [1.54, 1.807) is 6.07 Å². The molecule has 0 N–H and O–H groups in total. The molecule has 1 heterocycles. The number of carbonyl (C=O) groups excluding carboxylic acids is 2. The van der Waals surface area contributed by atoms with Crippen LogP contribution < -0.4 is 4.90 Å². The maximum atomic E-state index is 12.8. The summed E-state index contributed by atoms with van der Waals surface area (Å²) in [6.07, 6.45) is 2.99. The first-order valence-electron chi connectivity index (χ1n) is 8.86. The van der Waals surface area contributed by atoms with Crippen LogP contribution in [0.5, 0.6) is 0 Å². The number of benzene rings is 1. The van der Waals surface area contributed by atoms with Crippen LogP contribution in [0.2, 0.25) is 0 Å². The van der Waals surface area contributed by atoms with Gasteiger partial charge in [-0.15, -0.1) is 0 Å². The van der Waals surface area contributed by atoms with E-state index >= 15 is 0 Å². The van der Waals surface area contributed by atoms with Crippen molar-refractivity contribution in [2.45, 2.75) is 43.1 Å². The predicted octanol–water partition coefficient (Wildman–Crippen LogP) is 1.82. The maximum Gasteiger partial charge on any atom is 0.341 e. The van der Waals surface area contributed by atoms with E-state index < -0.39 is 22.1 Å². The molecule has 0 aromatic heterocycles. The highest BCUT2D eigenvalue weighted by molar-refractivity contribution is 7.89. The smallest absolute Gasteiger partial charge is 0.341 e. The van der Waals surface area contributed by atoms with E-state index in [-0.39, 0.29) is 16.2 Å². The van der Waals surface area contributed by atoms with Gasteiger partial charge in [-0.1, -0.05) is 0 Å². The number of ketones is 1. The topological polar surface area (TPSA) is 84.0 Å². The van der Waals surface area contributed by atoms with Gasteiger partial charge in [-0.05, 0) is 43.9 Å². The Morgan fingerprint density at radius 2 is 1.88 bits per heavy atom. The average Bonchev–Trinajstić information content (AvgIpc) is 3.26. The van der Waals surface area contributed by atoms with Crippen molar-refractivity contribution >= 4 is 27.5 Å². The van der Waals surface area contributed by atoms with Crippen LogP contribution in [0.4, 0.5) is 5.69 Å². The van der Waals surface area contributed by atoms with Crippen LogP contribution in [0.25, 0.3) is 0 Å². The first kappa shape index (κ1) is 18.8. The summed E-state index contributed by atoms with van der Waals surface area (Å²) in [6.45, 7) is 1.62. The van der Waals surface area contributed by atoms with Crippen LogP contribution in [-0.2, 0) is 19.6 Å². The van der Waals surface area contributed by atoms with E-state index in [9.17, 15) is 18.0 Å². The molecule has 1 aromatic rings. The van der Waals surface area contributed by atoms with Crippen molar-refractivity contribution < 1.29 is 22.7 Å². The fraction of sp³-hybridized carbons (Fsp3) is 0.556. The van der Waals surface area contributed by atoms with Gasteiger partial charge in [-0.2, -0.15) is 0 Å². The molecule has 1 saturated carbocycles. The van der Waals surface area contributed by atoms with Gasteiger partial charge >= 0.3 is 5.97 Å². The van der Waals surface area contributed by atoms with Crippen molar-refractivity contribution in [1.29, 1.82) is 0 Å². The number of nitrogens with zero attached hydrogens (tertiary/aromatic N) is 2. The minimum atomic E-state index is -3.67. The molecule has 142 valence electrons. The summed E-state index contributed by atoms with van der Waals surface area (Å²) in [5.41, 5.74) is 0.866. The molecule has 1 aliphatic heterocycles. The second kappa shape index (κ2) is 7.36. The molecule has 7 nitrogen and oxygen atoms in total. The molecule has 1 aliphatic carbocycles. The molecule has 1 aromatic carbocycles. The second-order valence-corrected chi connectivity index (χ2v) is 9.06. The Balaban J connectivity index is 1.98. The van der Waals surface area contributed by atoms with Crippen molar-refractivity contribution in [3.8, 4) is 0 Å². The molecule has 0 amide bonds. The van der Waals surface area contributed by atoms with Gasteiger partial charge in [-0.25, -0.2) is 17.5 Å². The third-order valence-electron chi connectivity index (χ3n) is 4.91. The molecule has 1 atom stereocenters. The van der Waals surface area contributed by atoms with Crippen LogP contribution >= 0.6 is 0 Å². The van der Waals surface area contributed by atoms with Gasteiger partial charge in [0.1, 0.15) is 0 Å². The summed E-state index contributed by atoms with van der Waals surface area (Å²) >= 11 is 0. The molecule has 0 spiro atoms. The normalized spacial score (nSPS) is 20.8. The molecule has 1 saturated heterocycles. The zero-order valence-electron chi connectivity index (χ0n) is 15.1. The van der Waals surface area contributed by atoms with Gasteiger partial charge in [0.05, 0.1) is 16.1 Å². The first-order valence-corrected chi connectivity index (χ1v) is 10.3. The van der Waals surface area contributed by atoms with Crippen LogP contribution in [0, 0.1) is 0 Å². The highest BCUT2D eigenvalue weighted by atomic mass is 32.2. The van der Waals surface area contributed by atoms with Crippen LogP contribution in [-0.4, -0.2) is 57.8 Å². The quantitative estimate of drug-likeness (QED) is 0.725. The van der Waals surface area contributed by atoms with Crippen molar-refractivity contribution in [1.82, 2.24) is 4.31 Å². The Kier molecular flexibility index (Phi) is 5.34. The summed E-state index contributed by atoms with van der Waals surface area (Å²) in [4.78, 5) is 26.7. The largest absolute Gasteiger partial charge is 0.451 e. The Labute approximate surface area is 154 Å². The van der Waals surface area contributed by atoms with E-state index in [2.05, 4.69) is 4.90 Å². The number of Topliss-reactive ketones (excluding diaryl/α,β-unsaturated/α-hetero) is 1. The van der Waals surface area contributed by atoms with Gasteiger partial charge in [-0.3, -0.25) is 4.79 Å². The zero-order chi connectivity index (χ0) is 18.9. The molecule has 2 aliphatic rings. The van der Waals surface area contributed by atoms with Crippen molar-refractivity contribution in [3.05, 3.63) is 23.8 Å². The summed E-state index contributed by atoms with van der Waals surface area (Å²) in [5, 5.41) is 0. The number of anilines is 1. The number of hydrogen-bond acceptors (Lipinski definition) is 6. The van der Waals surface area contributed by atoms with E-state index in [0.29, 0.717) is 24.9 Å². The van der Waals surface area contributed by atoms with Crippen LogP contribution in [0.15, 0.2) is 23.1 Å². The summed E-state index contributed by atoms with van der Waals surface area (Å²) in [7, 11) is -0.784. The van der Waals surface area contributed by atoms with Gasteiger partial charge in [0, 0.05) is 33.6 Å². The number of esters is 1. The van der Waals surface area contributed by atoms with E-state index in [4.69, 9.17) is 4.74 Å². The third kappa shape index (κ3) is 3.61. The maximum absolute atomic E-state index is 12.8. The number of hydrogen-bond donors (Lipinski definition) is 0. The fourth-order valence-electron chi connectivity index (χ4n) is 3.38. The first-order chi connectivity index (χ1) is 12.3. The number of rotatable bonds is 5. The molecule has 26 heavy (non-hydrogen) atoms. The standard InChI is InChI=1S/C18H24N2O5S/c1-19(2)26(23,24)13-8-9-15(20-10-3-4-11-20)14(12-13)18(22)25-17-7-5-6-16(17)21/h8-9,12,17H,3-7,10-11H2,1-2H3/t17-/m0/s1. The molecule has 0 bridgehead atoms. The third-order valence-corrected chi connectivity index (χ3v) is 6.72. The predicted molar refractivity (Wildman–Crippen MR) is 96.8 cm³/mol. The summed E-state index contributed by atoms with van der Waals surface area (Å²) < 4.78 is 31.4. The number of ether oxygens (including phenoxy) is 1. The van der Waals surface area contributed by atoms with Gasteiger partial charge in [0.15, 0.2) is 11.9 Å². The lowest BCUT2D eigenvalue weighted by atomic mass is 10.1. The molecular weight excluding hydrogens is 356 g/mol. The minimum absolute atomic E-state index is 0.0372. The van der Waals surface area contributed by atoms with Gasteiger partial charge < -0.3 is 9.64 Å². The van der Waals surface area contributed by atoms with E-state index in [0.717, 1.165) is 30.2 Å². The fourth-order valence-corrected chi connectivity index (χ4v) is 4.31. The Bertz CT molecular complexity index is 813. The SMILES string of the molecule is CN(C)S(=O)(=O)c1ccc(N2CCCC2)c(C(=O)O[C@H]2CCCC2=O)c1. The highest BCUT2D eigenvalue weighted by Crippen LogP contribution is 2.30.